The normalized spacial score (nSPS) is 20.1. The van der Waals surface area contributed by atoms with E-state index in [-0.39, 0.29) is 5.41 Å². The third-order valence-electron chi connectivity index (χ3n) is 3.64. The minimum atomic E-state index is 0.0369. The lowest BCUT2D eigenvalue weighted by atomic mass is 9.71. The van der Waals surface area contributed by atoms with E-state index in [0.717, 1.165) is 58.0 Å². The Labute approximate surface area is 93.8 Å². The van der Waals surface area contributed by atoms with Crippen molar-refractivity contribution in [2.75, 3.05) is 13.1 Å². The average Bonchev–Trinajstić information content (AvgIpc) is 2.27. The Balaban J connectivity index is 2.57. The van der Waals surface area contributed by atoms with Crippen molar-refractivity contribution >= 4 is 5.78 Å². The second kappa shape index (κ2) is 6.26. The summed E-state index contributed by atoms with van der Waals surface area (Å²) in [5.74, 6) is 0.535. The molecule has 0 amide bonds. The minimum Gasteiger partial charge on any atom is -0.317 e. The Morgan fingerprint density at radius 3 is 2.40 bits per heavy atom. The van der Waals surface area contributed by atoms with Crippen LogP contribution in [0.3, 0.4) is 0 Å². The molecule has 2 nitrogen and oxygen atoms in total. The van der Waals surface area contributed by atoms with E-state index in [1.807, 2.05) is 0 Å². The molecule has 0 radical (unpaired) electrons. The topological polar surface area (TPSA) is 29.1 Å². The zero-order chi connectivity index (χ0) is 11.1. The van der Waals surface area contributed by atoms with Crippen LogP contribution in [0.15, 0.2) is 0 Å². The van der Waals surface area contributed by atoms with Crippen molar-refractivity contribution in [3.8, 4) is 0 Å². The summed E-state index contributed by atoms with van der Waals surface area (Å²) in [6, 6.07) is 0. The highest BCUT2D eigenvalue weighted by molar-refractivity contribution is 5.84. The first kappa shape index (κ1) is 12.7. The molecule has 1 heterocycles. The molecule has 15 heavy (non-hydrogen) atoms. The summed E-state index contributed by atoms with van der Waals surface area (Å²) in [5, 5.41) is 3.36. The molecule has 0 unspecified atom stereocenters. The molecule has 1 saturated heterocycles. The summed E-state index contributed by atoms with van der Waals surface area (Å²) in [7, 11) is 0. The molecular formula is C13H25NO. The van der Waals surface area contributed by atoms with E-state index in [1.165, 1.54) is 0 Å². The lowest BCUT2D eigenvalue weighted by Gasteiger charge is -2.36. The molecule has 1 aliphatic rings. The molecule has 0 spiro atoms. The number of ketones is 1. The van der Waals surface area contributed by atoms with Gasteiger partial charge in [-0.25, -0.2) is 0 Å². The maximum atomic E-state index is 12.2. The molecule has 1 N–H and O–H groups in total. The van der Waals surface area contributed by atoms with Crippen LogP contribution in [0, 0.1) is 5.41 Å². The van der Waals surface area contributed by atoms with Gasteiger partial charge in [0.05, 0.1) is 0 Å². The van der Waals surface area contributed by atoms with E-state index in [4.69, 9.17) is 0 Å². The lowest BCUT2D eigenvalue weighted by molar-refractivity contribution is -0.131. The van der Waals surface area contributed by atoms with Crippen LogP contribution in [0.1, 0.15) is 58.8 Å². The van der Waals surface area contributed by atoms with E-state index in [2.05, 4.69) is 19.2 Å². The molecule has 0 atom stereocenters. The summed E-state index contributed by atoms with van der Waals surface area (Å²) in [6.07, 6.45) is 7.35. The monoisotopic (exact) mass is 211 g/mol. The zero-order valence-corrected chi connectivity index (χ0v) is 10.3. The second-order valence-corrected chi connectivity index (χ2v) is 4.81. The first-order valence-electron chi connectivity index (χ1n) is 6.49. The van der Waals surface area contributed by atoms with Gasteiger partial charge in [0.15, 0.2) is 0 Å². The minimum absolute atomic E-state index is 0.0369. The molecule has 1 aliphatic heterocycles. The molecule has 0 saturated carbocycles. The number of piperidine rings is 1. The first-order chi connectivity index (χ1) is 7.25. The molecule has 1 fully saturated rings. The lowest BCUT2D eigenvalue weighted by Crippen LogP contribution is -2.42. The van der Waals surface area contributed by atoms with Crippen LogP contribution in [-0.4, -0.2) is 18.9 Å². The molecule has 0 aromatic carbocycles. The van der Waals surface area contributed by atoms with Gasteiger partial charge in [-0.2, -0.15) is 0 Å². The Kier molecular flexibility index (Phi) is 5.30. The van der Waals surface area contributed by atoms with Gasteiger partial charge in [-0.05, 0) is 38.8 Å². The van der Waals surface area contributed by atoms with Crippen LogP contribution in [0.2, 0.25) is 0 Å². The number of carbonyl (C=O) groups excluding carboxylic acids is 1. The van der Waals surface area contributed by atoms with Crippen LogP contribution in [-0.2, 0) is 4.79 Å². The molecule has 0 bridgehead atoms. The number of hydrogen-bond donors (Lipinski definition) is 1. The van der Waals surface area contributed by atoms with Gasteiger partial charge >= 0.3 is 0 Å². The number of unbranched alkanes of at least 4 members (excludes halogenated alkanes) is 1. The standard InChI is InChI=1S/C13H25NO/c1-3-5-6-12(15)13(7-4-2)8-10-14-11-9-13/h14H,3-11H2,1-2H3. The van der Waals surface area contributed by atoms with Crippen LogP contribution < -0.4 is 5.32 Å². The smallest absolute Gasteiger partial charge is 0.139 e. The third-order valence-corrected chi connectivity index (χ3v) is 3.64. The van der Waals surface area contributed by atoms with E-state index in [1.54, 1.807) is 0 Å². The molecule has 0 aromatic rings. The quantitative estimate of drug-likeness (QED) is 0.732. The molecule has 0 aromatic heterocycles. The van der Waals surface area contributed by atoms with Gasteiger partial charge in [-0.3, -0.25) is 4.79 Å². The Bertz CT molecular complexity index is 189. The van der Waals surface area contributed by atoms with E-state index < -0.39 is 0 Å². The highest BCUT2D eigenvalue weighted by Crippen LogP contribution is 2.36. The van der Waals surface area contributed by atoms with Gasteiger partial charge in [0, 0.05) is 11.8 Å². The SMILES string of the molecule is CCCCC(=O)C1(CCC)CCNCC1. The van der Waals surface area contributed by atoms with Crippen LogP contribution >= 0.6 is 0 Å². The average molecular weight is 211 g/mol. The van der Waals surface area contributed by atoms with Crippen molar-refractivity contribution in [3.63, 3.8) is 0 Å². The zero-order valence-electron chi connectivity index (χ0n) is 10.3. The van der Waals surface area contributed by atoms with E-state index in [0.29, 0.717) is 5.78 Å². The Morgan fingerprint density at radius 2 is 1.87 bits per heavy atom. The maximum Gasteiger partial charge on any atom is 0.139 e. The van der Waals surface area contributed by atoms with Crippen LogP contribution in [0.5, 0.6) is 0 Å². The van der Waals surface area contributed by atoms with Crippen molar-refractivity contribution in [1.82, 2.24) is 5.32 Å². The molecular weight excluding hydrogens is 186 g/mol. The van der Waals surface area contributed by atoms with Gasteiger partial charge in [-0.1, -0.05) is 26.7 Å². The van der Waals surface area contributed by atoms with Crippen molar-refractivity contribution in [2.45, 2.75) is 58.8 Å². The third kappa shape index (κ3) is 3.30. The van der Waals surface area contributed by atoms with Gasteiger partial charge in [0.25, 0.3) is 0 Å². The largest absolute Gasteiger partial charge is 0.317 e. The molecule has 88 valence electrons. The summed E-state index contributed by atoms with van der Waals surface area (Å²) >= 11 is 0. The number of hydrogen-bond acceptors (Lipinski definition) is 2. The highest BCUT2D eigenvalue weighted by atomic mass is 16.1. The number of rotatable bonds is 6. The Morgan fingerprint density at radius 1 is 1.20 bits per heavy atom. The fourth-order valence-electron chi connectivity index (χ4n) is 2.65. The van der Waals surface area contributed by atoms with E-state index >= 15 is 0 Å². The summed E-state index contributed by atoms with van der Waals surface area (Å²) in [4.78, 5) is 12.2. The predicted molar refractivity (Wildman–Crippen MR) is 64.0 cm³/mol. The first-order valence-corrected chi connectivity index (χ1v) is 6.49. The molecule has 1 rings (SSSR count). The van der Waals surface area contributed by atoms with Gasteiger partial charge in [-0.15, -0.1) is 0 Å². The maximum absolute atomic E-state index is 12.2. The molecule has 2 heteroatoms. The second-order valence-electron chi connectivity index (χ2n) is 4.81. The summed E-state index contributed by atoms with van der Waals surface area (Å²) in [5.41, 5.74) is 0.0369. The van der Waals surface area contributed by atoms with Gasteiger partial charge < -0.3 is 5.32 Å². The fourth-order valence-corrected chi connectivity index (χ4v) is 2.65. The van der Waals surface area contributed by atoms with Crippen molar-refractivity contribution in [3.05, 3.63) is 0 Å². The van der Waals surface area contributed by atoms with Crippen molar-refractivity contribution in [2.24, 2.45) is 5.41 Å². The van der Waals surface area contributed by atoms with Gasteiger partial charge in [0.2, 0.25) is 0 Å². The van der Waals surface area contributed by atoms with Crippen molar-refractivity contribution in [1.29, 1.82) is 0 Å². The molecule has 0 aliphatic carbocycles. The van der Waals surface area contributed by atoms with Gasteiger partial charge in [0.1, 0.15) is 5.78 Å². The predicted octanol–water partition coefficient (Wildman–Crippen LogP) is 2.92. The van der Waals surface area contributed by atoms with Crippen LogP contribution in [0.25, 0.3) is 0 Å². The van der Waals surface area contributed by atoms with Crippen molar-refractivity contribution < 1.29 is 4.79 Å². The summed E-state index contributed by atoms with van der Waals surface area (Å²) < 4.78 is 0. The Hall–Kier alpha value is -0.370. The van der Waals surface area contributed by atoms with Crippen LogP contribution in [0.4, 0.5) is 0 Å². The number of Topliss-reactive ketones (excluding diaryl/α,β-unsaturated/α-hetero) is 1. The fraction of sp³-hybridized carbons (Fsp3) is 0.923. The van der Waals surface area contributed by atoms with E-state index in [9.17, 15) is 4.79 Å². The highest BCUT2D eigenvalue weighted by Gasteiger charge is 2.37. The number of nitrogens with one attached hydrogen (secondary N) is 1. The number of carbonyl (C=O) groups is 1. The summed E-state index contributed by atoms with van der Waals surface area (Å²) in [6.45, 7) is 6.40.